The maximum atomic E-state index is 12.5. The quantitative estimate of drug-likeness (QED) is 0.717. The van der Waals surface area contributed by atoms with Crippen molar-refractivity contribution in [3.8, 4) is 17.4 Å². The molecule has 1 amide bonds. The topological polar surface area (TPSA) is 60.9 Å². The molecule has 0 N–H and O–H groups in total. The number of fused-ring (bicyclic) bond motifs is 3. The van der Waals surface area contributed by atoms with Gasteiger partial charge in [-0.2, -0.15) is 0 Å². The predicted octanol–water partition coefficient (Wildman–Crippen LogP) is 2.93. The van der Waals surface area contributed by atoms with Gasteiger partial charge in [0.25, 0.3) is 5.91 Å². The Hall–Kier alpha value is -3.28. The van der Waals surface area contributed by atoms with Gasteiger partial charge >= 0.3 is 0 Å². The van der Waals surface area contributed by atoms with Crippen LogP contribution in [0.25, 0.3) is 10.9 Å². The van der Waals surface area contributed by atoms with E-state index in [1.165, 1.54) is 5.56 Å². The molecular weight excluding hydrogens is 344 g/mol. The van der Waals surface area contributed by atoms with Crippen LogP contribution < -0.4 is 14.2 Å². The van der Waals surface area contributed by atoms with Crippen molar-refractivity contribution >= 4 is 16.8 Å². The van der Waals surface area contributed by atoms with Crippen LogP contribution in [0.2, 0.25) is 0 Å². The van der Waals surface area contributed by atoms with Crippen molar-refractivity contribution in [1.29, 1.82) is 0 Å². The Balaban J connectivity index is 1.43. The normalized spacial score (nSPS) is 15.4. The highest BCUT2D eigenvalue weighted by atomic mass is 16.7. The first-order valence-electron chi connectivity index (χ1n) is 8.94. The molecule has 0 saturated heterocycles. The van der Waals surface area contributed by atoms with Crippen LogP contribution in [0.15, 0.2) is 48.5 Å². The van der Waals surface area contributed by atoms with Gasteiger partial charge in [-0.05, 0) is 24.1 Å². The lowest BCUT2D eigenvalue weighted by molar-refractivity contribution is -0.133. The zero-order valence-electron chi connectivity index (χ0n) is 14.7. The number of hydrogen-bond donors (Lipinski definition) is 0. The number of hydrogen-bond acceptors (Lipinski definition) is 5. The second kappa shape index (κ2) is 6.46. The highest BCUT2D eigenvalue weighted by Gasteiger charge is 2.24. The minimum absolute atomic E-state index is 0.00481. The van der Waals surface area contributed by atoms with Gasteiger partial charge in [-0.25, -0.2) is 4.98 Å². The van der Waals surface area contributed by atoms with Gasteiger partial charge in [0, 0.05) is 23.6 Å². The molecule has 3 aromatic rings. The second-order valence-corrected chi connectivity index (χ2v) is 6.69. The van der Waals surface area contributed by atoms with Crippen molar-refractivity contribution < 1.29 is 19.0 Å². The average Bonchev–Trinajstić information content (AvgIpc) is 3.09. The van der Waals surface area contributed by atoms with E-state index in [-0.39, 0.29) is 19.3 Å². The molecule has 0 atom stereocenters. The Morgan fingerprint density at radius 1 is 1.00 bits per heavy atom. The molecule has 1 aromatic heterocycles. The predicted molar refractivity (Wildman–Crippen MR) is 98.9 cm³/mol. The van der Waals surface area contributed by atoms with Crippen LogP contribution in [-0.4, -0.2) is 35.7 Å². The standard InChI is InChI=1S/C21H18N2O4/c24-20-12-25-21-16(11-23(20)7-6-14-4-2-1-3-5-14)8-15-9-18-19(27-13-26-18)10-17(15)22-21/h1-5,8-10H,6-7,11-13H2. The molecule has 0 unspecified atom stereocenters. The van der Waals surface area contributed by atoms with Crippen LogP contribution in [0.1, 0.15) is 11.1 Å². The third-order valence-corrected chi connectivity index (χ3v) is 4.91. The fourth-order valence-electron chi connectivity index (χ4n) is 3.46. The molecule has 0 radical (unpaired) electrons. The molecule has 3 heterocycles. The molecule has 0 spiro atoms. The van der Waals surface area contributed by atoms with Crippen molar-refractivity contribution in [2.24, 2.45) is 0 Å². The first-order chi connectivity index (χ1) is 13.3. The first-order valence-corrected chi connectivity index (χ1v) is 8.94. The SMILES string of the molecule is O=C1COc2nc3cc4c(cc3cc2CN1CCc1ccccc1)OCO4. The van der Waals surface area contributed by atoms with Crippen molar-refractivity contribution in [3.05, 3.63) is 59.7 Å². The third kappa shape index (κ3) is 3.03. The summed E-state index contributed by atoms with van der Waals surface area (Å²) in [7, 11) is 0. The summed E-state index contributed by atoms with van der Waals surface area (Å²) in [5.41, 5.74) is 2.88. The molecule has 6 nitrogen and oxygen atoms in total. The monoisotopic (exact) mass is 362 g/mol. The van der Waals surface area contributed by atoms with E-state index in [4.69, 9.17) is 14.2 Å². The van der Waals surface area contributed by atoms with Crippen LogP contribution in [-0.2, 0) is 17.8 Å². The van der Waals surface area contributed by atoms with E-state index in [2.05, 4.69) is 17.1 Å². The van der Waals surface area contributed by atoms with Crippen LogP contribution >= 0.6 is 0 Å². The van der Waals surface area contributed by atoms with E-state index in [1.807, 2.05) is 41.3 Å². The van der Waals surface area contributed by atoms with E-state index >= 15 is 0 Å². The Morgan fingerprint density at radius 2 is 1.81 bits per heavy atom. The summed E-state index contributed by atoms with van der Waals surface area (Å²) in [6, 6.07) is 16.0. The summed E-state index contributed by atoms with van der Waals surface area (Å²) < 4.78 is 16.6. The molecular formula is C21H18N2O4. The number of amides is 1. The molecule has 27 heavy (non-hydrogen) atoms. The van der Waals surface area contributed by atoms with Gasteiger partial charge in [0.15, 0.2) is 18.1 Å². The van der Waals surface area contributed by atoms with Gasteiger partial charge in [0.05, 0.1) is 12.1 Å². The maximum Gasteiger partial charge on any atom is 0.260 e. The Labute approximate surface area is 156 Å². The second-order valence-electron chi connectivity index (χ2n) is 6.69. The number of ether oxygens (including phenoxy) is 3. The van der Waals surface area contributed by atoms with Gasteiger partial charge in [-0.15, -0.1) is 0 Å². The Morgan fingerprint density at radius 3 is 2.67 bits per heavy atom. The van der Waals surface area contributed by atoms with E-state index in [0.29, 0.717) is 24.7 Å². The minimum Gasteiger partial charge on any atom is -0.467 e. The van der Waals surface area contributed by atoms with Gasteiger partial charge in [0.2, 0.25) is 12.7 Å². The van der Waals surface area contributed by atoms with Crippen LogP contribution in [0.4, 0.5) is 0 Å². The number of rotatable bonds is 3. The van der Waals surface area contributed by atoms with E-state index in [1.54, 1.807) is 0 Å². The summed E-state index contributed by atoms with van der Waals surface area (Å²) in [4.78, 5) is 18.9. The zero-order valence-corrected chi connectivity index (χ0v) is 14.7. The Kier molecular flexibility index (Phi) is 3.81. The average molecular weight is 362 g/mol. The van der Waals surface area contributed by atoms with E-state index < -0.39 is 0 Å². The van der Waals surface area contributed by atoms with Crippen molar-refractivity contribution in [3.63, 3.8) is 0 Å². The summed E-state index contributed by atoms with van der Waals surface area (Å²) in [6.07, 6.45) is 0.807. The van der Waals surface area contributed by atoms with Crippen LogP contribution in [0, 0.1) is 0 Å². The smallest absolute Gasteiger partial charge is 0.260 e. The molecule has 5 rings (SSSR count). The summed E-state index contributed by atoms with van der Waals surface area (Å²) >= 11 is 0. The fourth-order valence-corrected chi connectivity index (χ4v) is 3.46. The molecule has 2 aliphatic rings. The summed E-state index contributed by atoms with van der Waals surface area (Å²) in [6.45, 7) is 1.36. The highest BCUT2D eigenvalue weighted by Crippen LogP contribution is 2.37. The largest absolute Gasteiger partial charge is 0.467 e. The van der Waals surface area contributed by atoms with Crippen molar-refractivity contribution in [1.82, 2.24) is 9.88 Å². The first kappa shape index (κ1) is 15.9. The van der Waals surface area contributed by atoms with Crippen LogP contribution in [0.5, 0.6) is 17.4 Å². The molecule has 0 bridgehead atoms. The molecule has 0 aliphatic carbocycles. The third-order valence-electron chi connectivity index (χ3n) is 4.91. The molecule has 2 aliphatic heterocycles. The number of carbonyl (C=O) groups excluding carboxylic acids is 1. The molecule has 136 valence electrons. The lowest BCUT2D eigenvalue weighted by atomic mass is 10.1. The van der Waals surface area contributed by atoms with Crippen LogP contribution in [0.3, 0.4) is 0 Å². The highest BCUT2D eigenvalue weighted by molar-refractivity contribution is 5.85. The van der Waals surface area contributed by atoms with Gasteiger partial charge in [0.1, 0.15) is 0 Å². The lowest BCUT2D eigenvalue weighted by Gasteiger charge is -2.20. The number of benzene rings is 2. The van der Waals surface area contributed by atoms with E-state index in [9.17, 15) is 4.79 Å². The fraction of sp³-hybridized carbons (Fsp3) is 0.238. The number of carbonyl (C=O) groups is 1. The number of nitrogens with zero attached hydrogens (tertiary/aromatic N) is 2. The lowest BCUT2D eigenvalue weighted by Crippen LogP contribution is -2.34. The number of aromatic nitrogens is 1. The maximum absolute atomic E-state index is 12.5. The molecule has 0 saturated carbocycles. The Bertz CT molecular complexity index is 1020. The summed E-state index contributed by atoms with van der Waals surface area (Å²) in [5.74, 6) is 1.89. The molecule has 2 aromatic carbocycles. The van der Waals surface area contributed by atoms with Crippen molar-refractivity contribution in [2.45, 2.75) is 13.0 Å². The minimum atomic E-state index is -0.0258. The molecule has 0 fully saturated rings. The van der Waals surface area contributed by atoms with Gasteiger partial charge < -0.3 is 19.1 Å². The zero-order chi connectivity index (χ0) is 18.2. The summed E-state index contributed by atoms with van der Waals surface area (Å²) in [5, 5.41) is 0.943. The molecule has 6 heteroatoms. The van der Waals surface area contributed by atoms with Gasteiger partial charge in [-0.1, -0.05) is 30.3 Å². The number of pyridine rings is 1. The van der Waals surface area contributed by atoms with Gasteiger partial charge in [-0.3, -0.25) is 4.79 Å². The van der Waals surface area contributed by atoms with E-state index in [0.717, 1.165) is 28.6 Å². The van der Waals surface area contributed by atoms with Crippen molar-refractivity contribution in [2.75, 3.05) is 19.9 Å².